The fourth-order valence-corrected chi connectivity index (χ4v) is 3.83. The van der Waals surface area contributed by atoms with Crippen molar-refractivity contribution in [2.24, 2.45) is 0 Å². The first-order valence-corrected chi connectivity index (χ1v) is 10.8. The molecule has 0 unspecified atom stereocenters. The quantitative estimate of drug-likeness (QED) is 0.565. The highest BCUT2D eigenvalue weighted by Gasteiger charge is 2.34. The molecule has 31 heavy (non-hydrogen) atoms. The molecule has 2 heterocycles. The Morgan fingerprint density at radius 1 is 1.06 bits per heavy atom. The van der Waals surface area contributed by atoms with E-state index in [0.717, 1.165) is 22.8 Å². The first kappa shape index (κ1) is 20.8. The topological polar surface area (TPSA) is 90.3 Å². The van der Waals surface area contributed by atoms with Gasteiger partial charge in [-0.2, -0.15) is 4.98 Å². The SMILES string of the molecule is COc1ccc(NC(=O)C2=C(C)Nc3nc(SC)nn3[C@@H]2c2ccc(OC)cc2)cc1. The van der Waals surface area contributed by atoms with Crippen molar-refractivity contribution in [1.82, 2.24) is 14.8 Å². The van der Waals surface area contributed by atoms with Crippen LogP contribution < -0.4 is 20.1 Å². The number of carbonyl (C=O) groups is 1. The van der Waals surface area contributed by atoms with Gasteiger partial charge in [0.25, 0.3) is 5.91 Å². The van der Waals surface area contributed by atoms with E-state index in [2.05, 4.69) is 20.7 Å². The lowest BCUT2D eigenvalue weighted by Crippen LogP contribution is -2.31. The van der Waals surface area contributed by atoms with Gasteiger partial charge in [-0.15, -0.1) is 5.10 Å². The number of hydrogen-bond acceptors (Lipinski definition) is 7. The molecule has 1 aromatic heterocycles. The van der Waals surface area contributed by atoms with Crippen molar-refractivity contribution in [3.05, 3.63) is 65.4 Å². The van der Waals surface area contributed by atoms with Crippen LogP contribution in [0, 0.1) is 0 Å². The van der Waals surface area contributed by atoms with Gasteiger partial charge in [0, 0.05) is 11.4 Å². The fraction of sp³-hybridized carbons (Fsp3) is 0.227. The van der Waals surface area contributed by atoms with Gasteiger partial charge in [-0.05, 0) is 55.1 Å². The molecule has 0 fully saturated rings. The molecule has 1 aliphatic rings. The first-order chi connectivity index (χ1) is 15.0. The maximum absolute atomic E-state index is 13.4. The predicted octanol–water partition coefficient (Wildman–Crippen LogP) is 3.94. The molecule has 2 aromatic carbocycles. The molecule has 0 saturated heterocycles. The van der Waals surface area contributed by atoms with Crippen LogP contribution >= 0.6 is 11.8 Å². The molecule has 0 radical (unpaired) electrons. The van der Waals surface area contributed by atoms with E-state index in [1.54, 1.807) is 43.2 Å². The summed E-state index contributed by atoms with van der Waals surface area (Å²) in [6, 6.07) is 14.4. The van der Waals surface area contributed by atoms with Crippen molar-refractivity contribution in [2.45, 2.75) is 18.1 Å². The number of thioether (sulfide) groups is 1. The summed E-state index contributed by atoms with van der Waals surface area (Å²) in [6.07, 6.45) is 1.92. The Labute approximate surface area is 184 Å². The van der Waals surface area contributed by atoms with Crippen LogP contribution in [0.5, 0.6) is 11.5 Å². The van der Waals surface area contributed by atoms with E-state index in [-0.39, 0.29) is 5.91 Å². The number of benzene rings is 2. The largest absolute Gasteiger partial charge is 0.497 e. The van der Waals surface area contributed by atoms with E-state index < -0.39 is 6.04 Å². The maximum Gasteiger partial charge on any atom is 0.255 e. The zero-order chi connectivity index (χ0) is 22.0. The minimum Gasteiger partial charge on any atom is -0.497 e. The second kappa shape index (κ2) is 8.73. The van der Waals surface area contributed by atoms with Crippen molar-refractivity contribution in [2.75, 3.05) is 31.1 Å². The molecule has 1 aliphatic heterocycles. The van der Waals surface area contributed by atoms with Gasteiger partial charge >= 0.3 is 0 Å². The van der Waals surface area contributed by atoms with Crippen LogP contribution in [0.1, 0.15) is 18.5 Å². The van der Waals surface area contributed by atoms with Crippen molar-refractivity contribution < 1.29 is 14.3 Å². The highest BCUT2D eigenvalue weighted by atomic mass is 32.2. The van der Waals surface area contributed by atoms with Gasteiger partial charge < -0.3 is 20.1 Å². The zero-order valence-corrected chi connectivity index (χ0v) is 18.5. The third kappa shape index (κ3) is 4.09. The Hall–Kier alpha value is -3.46. The van der Waals surface area contributed by atoms with E-state index >= 15 is 0 Å². The summed E-state index contributed by atoms with van der Waals surface area (Å²) in [4.78, 5) is 17.9. The van der Waals surface area contributed by atoms with Crippen LogP contribution in [0.4, 0.5) is 11.6 Å². The molecule has 0 aliphatic carbocycles. The molecule has 8 nitrogen and oxygen atoms in total. The molecule has 2 N–H and O–H groups in total. The summed E-state index contributed by atoms with van der Waals surface area (Å²) in [7, 11) is 3.23. The van der Waals surface area contributed by atoms with E-state index in [9.17, 15) is 4.79 Å². The van der Waals surface area contributed by atoms with Crippen LogP contribution in [-0.2, 0) is 4.79 Å². The Morgan fingerprint density at radius 2 is 1.68 bits per heavy atom. The molecular formula is C22H23N5O3S. The van der Waals surface area contributed by atoms with E-state index in [1.165, 1.54) is 11.8 Å². The monoisotopic (exact) mass is 437 g/mol. The zero-order valence-electron chi connectivity index (χ0n) is 17.7. The third-order valence-corrected chi connectivity index (χ3v) is 5.58. The Balaban J connectivity index is 1.74. The number of aromatic nitrogens is 3. The number of rotatable bonds is 6. The van der Waals surface area contributed by atoms with Gasteiger partial charge in [-0.25, -0.2) is 4.68 Å². The van der Waals surface area contributed by atoms with E-state index in [1.807, 2.05) is 37.4 Å². The second-order valence-electron chi connectivity index (χ2n) is 6.89. The lowest BCUT2D eigenvalue weighted by Gasteiger charge is -2.28. The number of allylic oxidation sites excluding steroid dienone is 1. The highest BCUT2D eigenvalue weighted by molar-refractivity contribution is 7.98. The number of fused-ring (bicyclic) bond motifs is 1. The molecule has 160 valence electrons. The second-order valence-corrected chi connectivity index (χ2v) is 7.66. The summed E-state index contributed by atoms with van der Waals surface area (Å²) >= 11 is 1.45. The minimum absolute atomic E-state index is 0.220. The lowest BCUT2D eigenvalue weighted by atomic mass is 9.95. The van der Waals surface area contributed by atoms with Gasteiger partial charge in [-0.1, -0.05) is 23.9 Å². The Morgan fingerprint density at radius 3 is 2.26 bits per heavy atom. The van der Waals surface area contributed by atoms with Gasteiger partial charge in [0.15, 0.2) is 0 Å². The van der Waals surface area contributed by atoms with Crippen LogP contribution in [0.25, 0.3) is 0 Å². The smallest absolute Gasteiger partial charge is 0.255 e. The van der Waals surface area contributed by atoms with Crippen molar-refractivity contribution >= 4 is 29.3 Å². The highest BCUT2D eigenvalue weighted by Crippen LogP contribution is 2.37. The molecule has 1 atom stereocenters. The summed E-state index contributed by atoms with van der Waals surface area (Å²) in [5.41, 5.74) is 2.86. The number of ether oxygens (including phenoxy) is 2. The van der Waals surface area contributed by atoms with E-state index in [4.69, 9.17) is 9.47 Å². The molecule has 0 bridgehead atoms. The van der Waals surface area contributed by atoms with Crippen molar-refractivity contribution in [3.63, 3.8) is 0 Å². The van der Waals surface area contributed by atoms with Crippen LogP contribution in [0.2, 0.25) is 0 Å². The molecule has 9 heteroatoms. The third-order valence-electron chi connectivity index (χ3n) is 5.04. The number of anilines is 2. The van der Waals surface area contributed by atoms with Gasteiger partial charge in [-0.3, -0.25) is 4.79 Å². The van der Waals surface area contributed by atoms with E-state index in [0.29, 0.717) is 22.4 Å². The van der Waals surface area contributed by atoms with Crippen molar-refractivity contribution in [3.8, 4) is 11.5 Å². The summed E-state index contributed by atoms with van der Waals surface area (Å²) < 4.78 is 12.2. The van der Waals surface area contributed by atoms with Gasteiger partial charge in [0.2, 0.25) is 11.1 Å². The predicted molar refractivity (Wildman–Crippen MR) is 121 cm³/mol. The number of nitrogens with zero attached hydrogens (tertiary/aromatic N) is 3. The van der Waals surface area contributed by atoms with Crippen LogP contribution in [0.15, 0.2) is 65.0 Å². The number of methoxy groups -OCH3 is 2. The molecule has 0 saturated carbocycles. The molecule has 3 aromatic rings. The summed E-state index contributed by atoms with van der Waals surface area (Å²) in [5, 5.41) is 11.4. The van der Waals surface area contributed by atoms with Crippen LogP contribution in [0.3, 0.4) is 0 Å². The Bertz CT molecular complexity index is 1120. The fourth-order valence-electron chi connectivity index (χ4n) is 3.48. The number of hydrogen-bond donors (Lipinski definition) is 2. The van der Waals surface area contributed by atoms with Gasteiger partial charge in [0.1, 0.15) is 17.5 Å². The Kier molecular flexibility index (Phi) is 5.85. The summed E-state index contributed by atoms with van der Waals surface area (Å²) in [6.45, 7) is 1.87. The summed E-state index contributed by atoms with van der Waals surface area (Å²) in [5.74, 6) is 1.85. The average Bonchev–Trinajstić information content (AvgIpc) is 3.21. The maximum atomic E-state index is 13.4. The molecule has 4 rings (SSSR count). The first-order valence-electron chi connectivity index (χ1n) is 9.61. The van der Waals surface area contributed by atoms with Crippen LogP contribution in [-0.4, -0.2) is 41.1 Å². The normalized spacial score (nSPS) is 15.2. The molecular weight excluding hydrogens is 414 g/mol. The molecule has 1 amide bonds. The van der Waals surface area contributed by atoms with Crippen molar-refractivity contribution in [1.29, 1.82) is 0 Å². The van der Waals surface area contributed by atoms with Gasteiger partial charge in [0.05, 0.1) is 19.8 Å². The number of nitrogens with one attached hydrogen (secondary N) is 2. The minimum atomic E-state index is -0.436. The average molecular weight is 438 g/mol. The molecule has 0 spiro atoms. The lowest BCUT2D eigenvalue weighted by molar-refractivity contribution is -0.113. The number of amides is 1. The number of carbonyl (C=O) groups excluding carboxylic acids is 1. The standard InChI is InChI=1S/C22H23N5O3S/c1-13-18(20(28)24-15-7-11-17(30-3)12-8-15)19(14-5-9-16(29-2)10-6-14)27-21(23-13)25-22(26-27)31-4/h5-12,19H,1-4H3,(H,24,28)(H,23,25,26)/t19-/m1/s1.